The fraction of sp³-hybridized carbons (Fsp3) is 0.0556. The Hall–Kier alpha value is -5.02. The normalized spacial score (nSPS) is 12.8. The molecule has 0 radical (unpaired) electrons. The van der Waals surface area contributed by atoms with Gasteiger partial charge in [0.2, 0.25) is 5.95 Å². The Morgan fingerprint density at radius 3 is 2.15 bits per heavy atom. The zero-order chi connectivity index (χ0) is 25.8. The van der Waals surface area contributed by atoms with Gasteiger partial charge in [-0.05, 0) is 46.9 Å². The Balaban J connectivity index is 1.38. The van der Waals surface area contributed by atoms with E-state index >= 15 is 0 Å². The van der Waals surface area contributed by atoms with Crippen molar-refractivity contribution in [1.29, 1.82) is 0 Å². The number of nitrogens with zero attached hydrogens (tertiary/aromatic N) is 3. The van der Waals surface area contributed by atoms with Gasteiger partial charge >= 0.3 is 0 Å². The Labute approximate surface area is 226 Å². The molecule has 0 N–H and O–H groups in total. The van der Waals surface area contributed by atoms with E-state index in [0.717, 1.165) is 52.3 Å². The Kier molecular flexibility index (Phi) is 4.95. The van der Waals surface area contributed by atoms with Crippen molar-refractivity contribution in [2.45, 2.75) is 12.8 Å². The number of rotatable bonds is 3. The van der Waals surface area contributed by atoms with Gasteiger partial charge in [0.05, 0.1) is 22.4 Å². The molecule has 0 fully saturated rings. The van der Waals surface area contributed by atoms with Crippen molar-refractivity contribution < 1.29 is 0 Å². The predicted octanol–water partition coefficient (Wildman–Crippen LogP) is 9.02. The van der Waals surface area contributed by atoms with E-state index in [4.69, 9.17) is 9.97 Å². The molecule has 0 aliphatic heterocycles. The lowest BCUT2D eigenvalue weighted by Gasteiger charge is -2.17. The van der Waals surface area contributed by atoms with E-state index in [-0.39, 0.29) is 0 Å². The summed E-state index contributed by atoms with van der Waals surface area (Å²) in [4.78, 5) is 10.5. The third-order valence-corrected chi connectivity index (χ3v) is 7.87. The molecule has 0 bridgehead atoms. The van der Waals surface area contributed by atoms with E-state index in [1.165, 1.54) is 32.7 Å². The standard InChI is InChI=1S/C36H25N3/c1-2-10-24(11-3-1)25-18-20-27(21-19-25)35-29-14-6-8-16-31(29)37-36(38-35)39-32-17-9-7-15-30(32)34-28-13-5-4-12-26(28)22-23-33(34)39/h1-7,9-15,17-23H,8,16H2. The van der Waals surface area contributed by atoms with Crippen LogP contribution < -0.4 is 0 Å². The van der Waals surface area contributed by atoms with Crippen molar-refractivity contribution in [2.24, 2.45) is 0 Å². The van der Waals surface area contributed by atoms with Gasteiger partial charge in [0.1, 0.15) is 0 Å². The molecule has 0 saturated carbocycles. The fourth-order valence-electron chi connectivity index (χ4n) is 6.02. The molecule has 7 aromatic rings. The molecule has 0 amide bonds. The molecule has 0 saturated heterocycles. The second kappa shape index (κ2) is 8.78. The largest absolute Gasteiger partial charge is 0.278 e. The quantitative estimate of drug-likeness (QED) is 0.243. The molecule has 2 aromatic heterocycles. The highest BCUT2D eigenvalue weighted by molar-refractivity contribution is 6.21. The number of hydrogen-bond acceptors (Lipinski definition) is 2. The molecule has 5 aromatic carbocycles. The number of allylic oxidation sites excluding steroid dienone is 1. The molecule has 8 rings (SSSR count). The molecule has 1 aliphatic carbocycles. The average molecular weight is 500 g/mol. The molecule has 3 nitrogen and oxygen atoms in total. The van der Waals surface area contributed by atoms with Crippen LogP contribution in [0.5, 0.6) is 0 Å². The van der Waals surface area contributed by atoms with Crippen molar-refractivity contribution in [3.8, 4) is 28.3 Å². The summed E-state index contributed by atoms with van der Waals surface area (Å²) >= 11 is 0. The minimum Gasteiger partial charge on any atom is -0.278 e. The van der Waals surface area contributed by atoms with Gasteiger partial charge in [0.25, 0.3) is 0 Å². The average Bonchev–Trinajstić information content (AvgIpc) is 3.36. The lowest BCUT2D eigenvalue weighted by Crippen LogP contribution is -2.09. The van der Waals surface area contributed by atoms with E-state index in [9.17, 15) is 0 Å². The van der Waals surface area contributed by atoms with Gasteiger partial charge in [-0.25, -0.2) is 9.97 Å². The van der Waals surface area contributed by atoms with E-state index < -0.39 is 0 Å². The third-order valence-electron chi connectivity index (χ3n) is 7.87. The van der Waals surface area contributed by atoms with Crippen molar-refractivity contribution in [2.75, 3.05) is 0 Å². The monoisotopic (exact) mass is 499 g/mol. The second-order valence-corrected chi connectivity index (χ2v) is 10.2. The van der Waals surface area contributed by atoms with Gasteiger partial charge in [-0.1, -0.05) is 115 Å². The molecule has 0 atom stereocenters. The maximum Gasteiger partial charge on any atom is 0.235 e. The number of fused-ring (bicyclic) bond motifs is 6. The van der Waals surface area contributed by atoms with Crippen LogP contribution in [0, 0.1) is 0 Å². The molecule has 1 aliphatic rings. The number of para-hydroxylation sites is 1. The Morgan fingerprint density at radius 2 is 1.28 bits per heavy atom. The summed E-state index contributed by atoms with van der Waals surface area (Å²) in [5.74, 6) is 0.729. The lowest BCUT2D eigenvalue weighted by molar-refractivity contribution is 0.877. The van der Waals surface area contributed by atoms with Crippen LogP contribution in [0.1, 0.15) is 17.7 Å². The van der Waals surface area contributed by atoms with Gasteiger partial charge in [-0.2, -0.15) is 0 Å². The summed E-state index contributed by atoms with van der Waals surface area (Å²) in [6.07, 6.45) is 6.34. The van der Waals surface area contributed by atoms with E-state index in [1.807, 2.05) is 0 Å². The van der Waals surface area contributed by atoms with Crippen LogP contribution in [0.25, 0.3) is 67.0 Å². The summed E-state index contributed by atoms with van der Waals surface area (Å²) < 4.78 is 2.25. The van der Waals surface area contributed by atoms with Gasteiger partial charge in [0, 0.05) is 21.9 Å². The van der Waals surface area contributed by atoms with Crippen LogP contribution in [-0.4, -0.2) is 14.5 Å². The first-order valence-electron chi connectivity index (χ1n) is 13.5. The summed E-state index contributed by atoms with van der Waals surface area (Å²) in [6, 6.07) is 40.9. The summed E-state index contributed by atoms with van der Waals surface area (Å²) in [5.41, 5.74) is 9.00. The van der Waals surface area contributed by atoms with E-state index in [1.54, 1.807) is 0 Å². The van der Waals surface area contributed by atoms with Crippen molar-refractivity contribution in [3.05, 3.63) is 133 Å². The number of aromatic nitrogens is 3. The topological polar surface area (TPSA) is 30.7 Å². The van der Waals surface area contributed by atoms with Crippen LogP contribution in [0.3, 0.4) is 0 Å². The first kappa shape index (κ1) is 22.0. The molecule has 0 unspecified atom stereocenters. The van der Waals surface area contributed by atoms with Gasteiger partial charge in [0.15, 0.2) is 0 Å². The summed E-state index contributed by atoms with van der Waals surface area (Å²) in [5, 5.41) is 4.96. The molecule has 2 heterocycles. The zero-order valence-corrected chi connectivity index (χ0v) is 21.4. The lowest BCUT2D eigenvalue weighted by atomic mass is 9.96. The molecule has 3 heteroatoms. The third kappa shape index (κ3) is 3.51. The van der Waals surface area contributed by atoms with Gasteiger partial charge in [-0.3, -0.25) is 4.57 Å². The number of benzene rings is 5. The smallest absolute Gasteiger partial charge is 0.235 e. The molecule has 39 heavy (non-hydrogen) atoms. The maximum absolute atomic E-state index is 5.28. The van der Waals surface area contributed by atoms with Crippen LogP contribution in [0.2, 0.25) is 0 Å². The van der Waals surface area contributed by atoms with Crippen molar-refractivity contribution in [3.63, 3.8) is 0 Å². The first-order valence-corrected chi connectivity index (χ1v) is 13.5. The predicted molar refractivity (Wildman–Crippen MR) is 162 cm³/mol. The highest BCUT2D eigenvalue weighted by Crippen LogP contribution is 2.37. The minimum absolute atomic E-state index is 0.729. The van der Waals surface area contributed by atoms with Crippen molar-refractivity contribution >= 4 is 38.7 Å². The van der Waals surface area contributed by atoms with Crippen molar-refractivity contribution in [1.82, 2.24) is 14.5 Å². The molecular formula is C36H25N3. The van der Waals surface area contributed by atoms with E-state index in [2.05, 4.69) is 132 Å². The minimum atomic E-state index is 0.729. The SMILES string of the molecule is C1=Cc2c(nc(-n3c4ccccc4c4c5ccccc5ccc43)nc2-c2ccc(-c3ccccc3)cc2)CC1. The molecule has 184 valence electrons. The Morgan fingerprint density at radius 1 is 0.564 bits per heavy atom. The molecular weight excluding hydrogens is 474 g/mol. The van der Waals surface area contributed by atoms with Crippen LogP contribution in [0.15, 0.2) is 121 Å². The number of hydrogen-bond donors (Lipinski definition) is 0. The number of aryl methyl sites for hydroxylation is 1. The summed E-state index contributed by atoms with van der Waals surface area (Å²) in [6.45, 7) is 0. The summed E-state index contributed by atoms with van der Waals surface area (Å²) in [7, 11) is 0. The Bertz CT molecular complexity index is 2050. The van der Waals surface area contributed by atoms with Gasteiger partial charge < -0.3 is 0 Å². The van der Waals surface area contributed by atoms with Gasteiger partial charge in [-0.15, -0.1) is 0 Å². The first-order chi connectivity index (χ1) is 19.3. The fourth-order valence-corrected chi connectivity index (χ4v) is 6.02. The maximum atomic E-state index is 5.28. The highest BCUT2D eigenvalue weighted by Gasteiger charge is 2.21. The highest BCUT2D eigenvalue weighted by atomic mass is 15.2. The molecule has 0 spiro atoms. The zero-order valence-electron chi connectivity index (χ0n) is 21.4. The van der Waals surface area contributed by atoms with E-state index in [0.29, 0.717) is 0 Å². The second-order valence-electron chi connectivity index (χ2n) is 10.2. The van der Waals surface area contributed by atoms with Crippen LogP contribution in [-0.2, 0) is 6.42 Å². The van der Waals surface area contributed by atoms with Crippen LogP contribution in [0.4, 0.5) is 0 Å². The van der Waals surface area contributed by atoms with Crippen LogP contribution >= 0.6 is 0 Å².